The molecule has 4 rings (SSSR count). The Labute approximate surface area is 201 Å². The van der Waals surface area contributed by atoms with Crippen molar-refractivity contribution in [3.05, 3.63) is 65.5 Å². The topological polar surface area (TPSA) is 111 Å². The first-order chi connectivity index (χ1) is 16.6. The number of halogens is 2. The zero-order chi connectivity index (χ0) is 25.3. The molecule has 0 unspecified atom stereocenters. The predicted molar refractivity (Wildman–Crippen MR) is 126 cm³/mol. The molecule has 0 bridgehead atoms. The molecule has 0 saturated carbocycles. The Kier molecular flexibility index (Phi) is 6.73. The molecule has 1 N–H and O–H groups in total. The maximum atomic E-state index is 14.7. The highest BCUT2D eigenvalue weighted by atomic mass is 32.2. The van der Waals surface area contributed by atoms with E-state index in [4.69, 9.17) is 4.42 Å². The molecule has 0 spiro atoms. The number of aromatic nitrogens is 4. The van der Waals surface area contributed by atoms with Crippen molar-refractivity contribution in [3.63, 3.8) is 0 Å². The van der Waals surface area contributed by atoms with Crippen molar-refractivity contribution in [1.82, 2.24) is 25.5 Å². The molecule has 0 amide bonds. The van der Waals surface area contributed by atoms with Crippen LogP contribution >= 0.6 is 0 Å². The molecule has 8 nitrogen and oxygen atoms in total. The Morgan fingerprint density at radius 2 is 1.77 bits per heavy atom. The van der Waals surface area contributed by atoms with Crippen LogP contribution in [0.1, 0.15) is 25.1 Å². The third-order valence-electron chi connectivity index (χ3n) is 5.38. The molecule has 2 heterocycles. The van der Waals surface area contributed by atoms with Gasteiger partial charge in [-0.15, -0.1) is 10.2 Å². The summed E-state index contributed by atoms with van der Waals surface area (Å²) in [4.78, 5) is 8.38. The van der Waals surface area contributed by atoms with Crippen molar-refractivity contribution in [2.24, 2.45) is 0 Å². The van der Waals surface area contributed by atoms with Crippen LogP contribution in [0.25, 0.3) is 34.3 Å². The number of nitrogens with zero attached hydrogens (tertiary/aromatic N) is 4. The molecule has 182 valence electrons. The number of hydrogen-bond donors (Lipinski definition) is 1. The maximum absolute atomic E-state index is 14.7. The molecule has 11 heteroatoms. The van der Waals surface area contributed by atoms with E-state index >= 15 is 0 Å². The zero-order valence-electron chi connectivity index (χ0n) is 19.5. The van der Waals surface area contributed by atoms with Gasteiger partial charge in [-0.1, -0.05) is 12.1 Å². The average Bonchev–Trinajstić information content (AvgIpc) is 3.29. The van der Waals surface area contributed by atoms with Crippen molar-refractivity contribution >= 4 is 9.84 Å². The summed E-state index contributed by atoms with van der Waals surface area (Å²) in [7, 11) is -2.01. The lowest BCUT2D eigenvalue weighted by Gasteiger charge is -2.10. The van der Waals surface area contributed by atoms with Gasteiger partial charge in [-0.25, -0.2) is 22.2 Å². The second-order valence-corrected chi connectivity index (χ2v) is 10.7. The van der Waals surface area contributed by atoms with Gasteiger partial charge in [0.05, 0.1) is 28.4 Å². The van der Waals surface area contributed by atoms with E-state index in [0.29, 0.717) is 17.8 Å². The molecule has 0 radical (unpaired) electrons. The standard InChI is InChI=1S/C24H23F2N5O3S/c1-13(2)35(32,33)21-8-6-16(10-19(21)26)20-12-28-14(3)22(29-20)24-31-30-23(34-24)17-7-5-15(11-27-4)9-18(17)25/h5-10,12-13,27H,11H2,1-4H3. The van der Waals surface area contributed by atoms with Crippen LogP contribution in [0.4, 0.5) is 8.78 Å². The minimum atomic E-state index is -3.78. The largest absolute Gasteiger partial charge is 0.414 e. The lowest BCUT2D eigenvalue weighted by atomic mass is 10.1. The molecule has 0 saturated heterocycles. The van der Waals surface area contributed by atoms with E-state index in [9.17, 15) is 17.2 Å². The number of benzene rings is 2. The summed E-state index contributed by atoms with van der Waals surface area (Å²) in [6.07, 6.45) is 1.43. The lowest BCUT2D eigenvalue weighted by molar-refractivity contribution is 0.561. The van der Waals surface area contributed by atoms with Crippen LogP contribution in [0.15, 0.2) is 51.9 Å². The Morgan fingerprint density at radius 1 is 1.03 bits per heavy atom. The summed E-state index contributed by atoms with van der Waals surface area (Å²) in [5.41, 5.74) is 2.22. The first-order valence-electron chi connectivity index (χ1n) is 10.8. The number of nitrogens with one attached hydrogen (secondary N) is 1. The van der Waals surface area contributed by atoms with Crippen molar-refractivity contribution in [2.45, 2.75) is 37.5 Å². The first kappa shape index (κ1) is 24.6. The highest BCUT2D eigenvalue weighted by Crippen LogP contribution is 2.29. The van der Waals surface area contributed by atoms with Gasteiger partial charge in [0.2, 0.25) is 0 Å². The van der Waals surface area contributed by atoms with Gasteiger partial charge in [0.25, 0.3) is 11.8 Å². The second kappa shape index (κ2) is 9.59. The molecular weight excluding hydrogens is 476 g/mol. The van der Waals surface area contributed by atoms with Crippen molar-refractivity contribution in [3.8, 4) is 34.3 Å². The molecular formula is C24H23F2N5O3S. The van der Waals surface area contributed by atoms with Crippen LogP contribution in [0.2, 0.25) is 0 Å². The third kappa shape index (κ3) is 4.82. The van der Waals surface area contributed by atoms with Crippen molar-refractivity contribution in [2.75, 3.05) is 7.05 Å². The minimum absolute atomic E-state index is 0.0185. The second-order valence-electron chi connectivity index (χ2n) is 8.19. The molecule has 0 atom stereocenters. The van der Waals surface area contributed by atoms with Gasteiger partial charge in [0.15, 0.2) is 9.84 Å². The highest BCUT2D eigenvalue weighted by Gasteiger charge is 2.24. The van der Waals surface area contributed by atoms with Crippen LogP contribution in [0.5, 0.6) is 0 Å². The average molecular weight is 500 g/mol. The van der Waals surface area contributed by atoms with Crippen LogP contribution < -0.4 is 5.32 Å². The van der Waals surface area contributed by atoms with E-state index in [1.807, 2.05) is 0 Å². The zero-order valence-corrected chi connectivity index (χ0v) is 20.3. The molecule has 0 aliphatic heterocycles. The van der Waals surface area contributed by atoms with Gasteiger partial charge in [-0.2, -0.15) is 0 Å². The monoisotopic (exact) mass is 499 g/mol. The Hall–Kier alpha value is -3.57. The van der Waals surface area contributed by atoms with E-state index in [-0.39, 0.29) is 33.6 Å². The summed E-state index contributed by atoms with van der Waals surface area (Å²) in [6, 6.07) is 8.47. The van der Waals surface area contributed by atoms with Crippen LogP contribution in [0, 0.1) is 18.6 Å². The fourth-order valence-corrected chi connectivity index (χ4v) is 4.51. The minimum Gasteiger partial charge on any atom is -0.414 e. The van der Waals surface area contributed by atoms with E-state index < -0.39 is 26.7 Å². The summed E-state index contributed by atoms with van der Waals surface area (Å²) in [6.45, 7) is 5.17. The number of aryl methyl sites for hydroxylation is 1. The van der Waals surface area contributed by atoms with Gasteiger partial charge in [-0.05, 0) is 57.6 Å². The summed E-state index contributed by atoms with van der Waals surface area (Å²) >= 11 is 0. The molecule has 2 aromatic heterocycles. The lowest BCUT2D eigenvalue weighted by Crippen LogP contribution is -2.15. The molecule has 4 aromatic rings. The van der Waals surface area contributed by atoms with E-state index in [1.54, 1.807) is 26.1 Å². The fourth-order valence-electron chi connectivity index (χ4n) is 3.41. The molecule has 35 heavy (non-hydrogen) atoms. The van der Waals surface area contributed by atoms with Gasteiger partial charge in [0.1, 0.15) is 22.2 Å². The molecule has 0 aliphatic carbocycles. The van der Waals surface area contributed by atoms with Crippen LogP contribution in [-0.2, 0) is 16.4 Å². The maximum Gasteiger partial charge on any atom is 0.268 e. The van der Waals surface area contributed by atoms with Gasteiger partial charge in [0, 0.05) is 12.1 Å². The fraction of sp³-hybridized carbons (Fsp3) is 0.250. The predicted octanol–water partition coefficient (Wildman–Crippen LogP) is 4.35. The molecule has 2 aromatic carbocycles. The van der Waals surface area contributed by atoms with Gasteiger partial charge < -0.3 is 9.73 Å². The quantitative estimate of drug-likeness (QED) is 0.400. The normalized spacial score (nSPS) is 11.9. The number of rotatable bonds is 7. The third-order valence-corrected chi connectivity index (χ3v) is 7.57. The Bertz CT molecular complexity index is 1500. The van der Waals surface area contributed by atoms with E-state index in [0.717, 1.165) is 11.6 Å². The number of hydrogen-bond acceptors (Lipinski definition) is 8. The van der Waals surface area contributed by atoms with Crippen LogP contribution in [0.3, 0.4) is 0 Å². The van der Waals surface area contributed by atoms with E-state index in [1.165, 1.54) is 38.2 Å². The smallest absolute Gasteiger partial charge is 0.268 e. The Morgan fingerprint density at radius 3 is 2.43 bits per heavy atom. The highest BCUT2D eigenvalue weighted by molar-refractivity contribution is 7.92. The first-order valence-corrected chi connectivity index (χ1v) is 12.3. The van der Waals surface area contributed by atoms with E-state index in [2.05, 4.69) is 25.5 Å². The molecule has 0 aliphatic rings. The molecule has 0 fully saturated rings. The number of sulfone groups is 1. The Balaban J connectivity index is 1.69. The SMILES string of the molecule is CNCc1ccc(-c2nnc(-c3nc(-c4ccc(S(=O)(=O)C(C)C)c(F)c4)cnc3C)o2)c(F)c1. The van der Waals surface area contributed by atoms with Gasteiger partial charge in [-0.3, -0.25) is 4.98 Å². The van der Waals surface area contributed by atoms with Crippen LogP contribution in [-0.4, -0.2) is 40.9 Å². The van der Waals surface area contributed by atoms with Gasteiger partial charge >= 0.3 is 0 Å². The summed E-state index contributed by atoms with van der Waals surface area (Å²) in [5.74, 6) is -1.38. The summed E-state index contributed by atoms with van der Waals surface area (Å²) < 4.78 is 59.7. The summed E-state index contributed by atoms with van der Waals surface area (Å²) in [5, 5.41) is 10.1. The van der Waals surface area contributed by atoms with Crippen molar-refractivity contribution in [1.29, 1.82) is 0 Å². The van der Waals surface area contributed by atoms with Crippen molar-refractivity contribution < 1.29 is 21.6 Å².